The highest BCUT2D eigenvalue weighted by Gasteiger charge is 2.09. The van der Waals surface area contributed by atoms with Gasteiger partial charge in [0.05, 0.1) is 26.5 Å². The predicted octanol–water partition coefficient (Wildman–Crippen LogP) is 3.74. The van der Waals surface area contributed by atoms with Crippen LogP contribution >= 0.6 is 15.9 Å². The maximum absolute atomic E-state index is 12.2. The summed E-state index contributed by atoms with van der Waals surface area (Å²) in [4.78, 5) is 12.2. The lowest BCUT2D eigenvalue weighted by Crippen LogP contribution is -2.22. The van der Waals surface area contributed by atoms with Crippen molar-refractivity contribution >= 4 is 15.9 Å². The first-order chi connectivity index (χ1) is 12.1. The Morgan fingerprint density at radius 2 is 1.80 bits per heavy atom. The van der Waals surface area contributed by atoms with E-state index >= 15 is 0 Å². The average Bonchev–Trinajstić information content (AvgIpc) is 2.63. The Balaban J connectivity index is 1.98. The molecule has 0 aliphatic rings. The molecule has 128 valence electrons. The minimum Gasteiger partial charge on any atom is -0.493 e. The normalized spacial score (nSPS) is 10.5. The van der Waals surface area contributed by atoms with E-state index in [-0.39, 0.29) is 5.56 Å². The first-order valence-corrected chi connectivity index (χ1v) is 8.45. The molecular weight excluding hydrogens is 384 g/mol. The van der Waals surface area contributed by atoms with Gasteiger partial charge in [-0.05, 0) is 42.0 Å². The molecule has 0 unspecified atom stereocenters. The molecular formula is C19H17BrN2O3. The largest absolute Gasteiger partial charge is 0.493 e. The number of methoxy groups -OCH3 is 2. The summed E-state index contributed by atoms with van der Waals surface area (Å²) in [5, 5.41) is 4.49. The molecule has 6 heteroatoms. The third-order valence-electron chi connectivity index (χ3n) is 3.77. The molecule has 0 bridgehead atoms. The number of benzene rings is 2. The highest BCUT2D eigenvalue weighted by atomic mass is 79.9. The fraction of sp³-hybridized carbons (Fsp3) is 0.158. The van der Waals surface area contributed by atoms with Gasteiger partial charge in [-0.15, -0.1) is 0 Å². The molecule has 0 spiro atoms. The molecule has 0 saturated carbocycles. The number of aromatic nitrogens is 2. The molecule has 1 heterocycles. The molecule has 25 heavy (non-hydrogen) atoms. The molecule has 0 atom stereocenters. The molecule has 0 saturated heterocycles. The van der Waals surface area contributed by atoms with E-state index in [1.807, 2.05) is 42.5 Å². The van der Waals surface area contributed by atoms with Gasteiger partial charge in [-0.2, -0.15) is 5.10 Å². The van der Waals surface area contributed by atoms with Gasteiger partial charge in [-0.25, -0.2) is 4.68 Å². The lowest BCUT2D eigenvalue weighted by Gasteiger charge is -2.11. The lowest BCUT2D eigenvalue weighted by atomic mass is 10.1. The van der Waals surface area contributed by atoms with E-state index in [0.29, 0.717) is 23.7 Å². The van der Waals surface area contributed by atoms with Crippen molar-refractivity contribution in [3.63, 3.8) is 0 Å². The van der Waals surface area contributed by atoms with Gasteiger partial charge >= 0.3 is 0 Å². The maximum Gasteiger partial charge on any atom is 0.267 e. The van der Waals surface area contributed by atoms with E-state index in [4.69, 9.17) is 9.47 Å². The van der Waals surface area contributed by atoms with Crippen LogP contribution in [0, 0.1) is 0 Å². The lowest BCUT2D eigenvalue weighted by molar-refractivity contribution is 0.355. The number of rotatable bonds is 5. The number of hydrogen-bond donors (Lipinski definition) is 0. The van der Waals surface area contributed by atoms with Crippen LogP contribution in [0.1, 0.15) is 5.56 Å². The molecule has 5 nitrogen and oxygen atoms in total. The van der Waals surface area contributed by atoms with Crippen molar-refractivity contribution in [2.24, 2.45) is 0 Å². The Hall–Kier alpha value is -2.60. The summed E-state index contributed by atoms with van der Waals surface area (Å²) in [7, 11) is 3.18. The van der Waals surface area contributed by atoms with Crippen LogP contribution in [0.2, 0.25) is 0 Å². The summed E-state index contributed by atoms with van der Waals surface area (Å²) in [6.07, 6.45) is 0. The van der Waals surface area contributed by atoms with Crippen molar-refractivity contribution in [2.45, 2.75) is 6.54 Å². The Morgan fingerprint density at radius 1 is 1.00 bits per heavy atom. The smallest absolute Gasteiger partial charge is 0.267 e. The van der Waals surface area contributed by atoms with Crippen LogP contribution in [0.4, 0.5) is 0 Å². The van der Waals surface area contributed by atoms with Crippen LogP contribution in [0.15, 0.2) is 63.9 Å². The second-order valence-corrected chi connectivity index (χ2v) is 6.33. The van der Waals surface area contributed by atoms with Gasteiger partial charge in [0, 0.05) is 16.1 Å². The molecule has 0 fully saturated rings. The van der Waals surface area contributed by atoms with Gasteiger partial charge in [-0.3, -0.25) is 4.79 Å². The number of ether oxygens (including phenoxy) is 2. The molecule has 2 aromatic carbocycles. The average molecular weight is 401 g/mol. The van der Waals surface area contributed by atoms with E-state index in [9.17, 15) is 4.79 Å². The molecule has 0 amide bonds. The number of halogens is 1. The van der Waals surface area contributed by atoms with Gasteiger partial charge in [0.25, 0.3) is 5.56 Å². The van der Waals surface area contributed by atoms with Crippen molar-refractivity contribution in [2.75, 3.05) is 14.2 Å². The minimum atomic E-state index is -0.149. The first-order valence-electron chi connectivity index (χ1n) is 7.65. The van der Waals surface area contributed by atoms with Gasteiger partial charge in [-0.1, -0.05) is 28.1 Å². The molecule has 3 rings (SSSR count). The van der Waals surface area contributed by atoms with Gasteiger partial charge < -0.3 is 9.47 Å². The topological polar surface area (TPSA) is 53.4 Å². The zero-order valence-electron chi connectivity index (χ0n) is 13.9. The van der Waals surface area contributed by atoms with Crippen LogP contribution in [-0.2, 0) is 6.54 Å². The Labute approximate surface area is 154 Å². The van der Waals surface area contributed by atoms with Crippen molar-refractivity contribution in [1.29, 1.82) is 0 Å². The maximum atomic E-state index is 12.2. The summed E-state index contributed by atoms with van der Waals surface area (Å²) in [6, 6.07) is 16.6. The van der Waals surface area contributed by atoms with Crippen molar-refractivity contribution in [3.05, 3.63) is 75.0 Å². The third kappa shape index (κ3) is 3.91. The second-order valence-electron chi connectivity index (χ2n) is 5.41. The fourth-order valence-electron chi connectivity index (χ4n) is 2.52. The Kier molecular flexibility index (Phi) is 5.19. The monoisotopic (exact) mass is 400 g/mol. The summed E-state index contributed by atoms with van der Waals surface area (Å²) in [5.41, 5.74) is 2.38. The van der Waals surface area contributed by atoms with Gasteiger partial charge in [0.1, 0.15) is 0 Å². The van der Waals surface area contributed by atoms with Crippen molar-refractivity contribution in [1.82, 2.24) is 9.78 Å². The number of hydrogen-bond acceptors (Lipinski definition) is 4. The van der Waals surface area contributed by atoms with Gasteiger partial charge in [0.15, 0.2) is 11.5 Å². The second kappa shape index (κ2) is 7.53. The summed E-state index contributed by atoms with van der Waals surface area (Å²) in [5.74, 6) is 1.26. The Bertz CT molecular complexity index is 953. The van der Waals surface area contributed by atoms with Gasteiger partial charge in [0.2, 0.25) is 0 Å². The fourth-order valence-corrected chi connectivity index (χ4v) is 2.97. The van der Waals surface area contributed by atoms with E-state index in [1.165, 1.54) is 10.7 Å². The zero-order valence-corrected chi connectivity index (χ0v) is 15.5. The van der Waals surface area contributed by atoms with Crippen LogP contribution in [0.3, 0.4) is 0 Å². The van der Waals surface area contributed by atoms with Crippen molar-refractivity contribution < 1.29 is 9.47 Å². The Morgan fingerprint density at radius 3 is 2.52 bits per heavy atom. The zero-order chi connectivity index (χ0) is 17.8. The first kappa shape index (κ1) is 17.2. The molecule has 0 aliphatic heterocycles. The van der Waals surface area contributed by atoms with Crippen molar-refractivity contribution in [3.8, 4) is 22.8 Å². The standard InChI is InChI=1S/C19H17BrN2O3/c1-24-17-8-6-14(11-18(17)25-2)16-7-9-19(23)22(21-16)12-13-4-3-5-15(20)10-13/h3-11H,12H2,1-2H3. The minimum absolute atomic E-state index is 0.149. The highest BCUT2D eigenvalue weighted by molar-refractivity contribution is 9.10. The molecule has 0 aliphatic carbocycles. The SMILES string of the molecule is COc1ccc(-c2ccc(=O)n(Cc3cccc(Br)c3)n2)cc1OC. The van der Waals surface area contributed by atoms with Crippen LogP contribution < -0.4 is 15.0 Å². The van der Waals surface area contributed by atoms with Crippen LogP contribution in [0.25, 0.3) is 11.3 Å². The molecule has 0 N–H and O–H groups in total. The van der Waals surface area contributed by atoms with E-state index < -0.39 is 0 Å². The summed E-state index contributed by atoms with van der Waals surface area (Å²) < 4.78 is 13.0. The van der Waals surface area contributed by atoms with E-state index in [0.717, 1.165) is 15.6 Å². The summed E-state index contributed by atoms with van der Waals surface area (Å²) >= 11 is 3.44. The summed E-state index contributed by atoms with van der Waals surface area (Å²) in [6.45, 7) is 0.402. The quantitative estimate of drug-likeness (QED) is 0.654. The predicted molar refractivity (Wildman–Crippen MR) is 100 cm³/mol. The number of nitrogens with zero attached hydrogens (tertiary/aromatic N) is 2. The van der Waals surface area contributed by atoms with Crippen LogP contribution in [0.5, 0.6) is 11.5 Å². The van der Waals surface area contributed by atoms with E-state index in [1.54, 1.807) is 20.3 Å². The third-order valence-corrected chi connectivity index (χ3v) is 4.26. The molecule has 1 aromatic heterocycles. The van der Waals surface area contributed by atoms with Crippen LogP contribution in [-0.4, -0.2) is 24.0 Å². The van der Waals surface area contributed by atoms with E-state index in [2.05, 4.69) is 21.0 Å². The molecule has 3 aromatic rings. The molecule has 0 radical (unpaired) electrons. The highest BCUT2D eigenvalue weighted by Crippen LogP contribution is 2.31.